The van der Waals surface area contributed by atoms with Gasteiger partial charge in [0.2, 0.25) is 5.91 Å². The van der Waals surface area contributed by atoms with E-state index in [1.54, 1.807) is 7.11 Å². The molecule has 0 unspecified atom stereocenters. The van der Waals surface area contributed by atoms with E-state index in [0.717, 1.165) is 62.5 Å². The summed E-state index contributed by atoms with van der Waals surface area (Å²) in [5.74, 6) is 2.46. The van der Waals surface area contributed by atoms with Crippen LogP contribution in [0.3, 0.4) is 0 Å². The molecule has 2 aliphatic rings. The summed E-state index contributed by atoms with van der Waals surface area (Å²) in [4.78, 5) is 18.4. The number of fused-ring (bicyclic) bond motifs is 1. The van der Waals surface area contributed by atoms with Crippen LogP contribution in [0.25, 0.3) is 0 Å². The number of nitrogens with zero attached hydrogens (tertiary/aromatic N) is 2. The predicted octanol–water partition coefficient (Wildman–Crippen LogP) is 2.89. The number of methoxy groups -OCH3 is 1. The third kappa shape index (κ3) is 9.93. The maximum Gasteiger partial charge on any atom is 0.222 e. The third-order valence-electron chi connectivity index (χ3n) is 5.23. The van der Waals surface area contributed by atoms with Gasteiger partial charge in [-0.25, -0.2) is 0 Å². The lowest BCUT2D eigenvalue weighted by Gasteiger charge is -2.16. The number of amides is 1. The number of carbonyl (C=O) groups excluding carboxylic acids is 1. The summed E-state index contributed by atoms with van der Waals surface area (Å²) in [6, 6.07) is 5.82. The average Bonchev–Trinajstić information content (AvgIpc) is 3.06. The van der Waals surface area contributed by atoms with Gasteiger partial charge in [-0.2, -0.15) is 0 Å². The second-order valence-electron chi connectivity index (χ2n) is 7.79. The lowest BCUT2D eigenvalue weighted by atomic mass is 10.2. The number of aliphatic imine (C=N–C) groups is 1. The quantitative estimate of drug-likeness (QED) is 0.171. The number of hydrogen-bond donors (Lipinski definition) is 2. The topological polar surface area (TPSA) is 93.7 Å². The Balaban J connectivity index is 0.00000385. The molecule has 1 fully saturated rings. The van der Waals surface area contributed by atoms with Gasteiger partial charge in [0.1, 0.15) is 0 Å². The van der Waals surface area contributed by atoms with E-state index in [9.17, 15) is 4.79 Å². The van der Waals surface area contributed by atoms with Crippen molar-refractivity contribution in [1.29, 1.82) is 0 Å². The number of guanidine groups is 1. The van der Waals surface area contributed by atoms with E-state index in [4.69, 9.17) is 23.9 Å². The summed E-state index contributed by atoms with van der Waals surface area (Å²) >= 11 is 0. The second kappa shape index (κ2) is 15.9. The molecule has 3 rings (SSSR count). The van der Waals surface area contributed by atoms with Gasteiger partial charge in [-0.15, -0.1) is 24.0 Å². The zero-order valence-corrected chi connectivity index (χ0v) is 21.8. The Bertz CT molecular complexity index is 750. The van der Waals surface area contributed by atoms with E-state index in [1.165, 1.54) is 0 Å². The largest absolute Gasteiger partial charge is 0.490 e. The highest BCUT2D eigenvalue weighted by molar-refractivity contribution is 14.0. The normalized spacial score (nSPS) is 15.7. The summed E-state index contributed by atoms with van der Waals surface area (Å²) in [5.41, 5.74) is 0.881. The minimum absolute atomic E-state index is 0. The number of benzene rings is 1. The molecule has 1 amide bonds. The van der Waals surface area contributed by atoms with Crippen LogP contribution in [0, 0.1) is 0 Å². The molecule has 0 saturated carbocycles. The number of ether oxygens (including phenoxy) is 4. The molecule has 33 heavy (non-hydrogen) atoms. The van der Waals surface area contributed by atoms with E-state index < -0.39 is 0 Å². The van der Waals surface area contributed by atoms with Crippen molar-refractivity contribution in [3.05, 3.63) is 18.2 Å². The van der Waals surface area contributed by atoms with Crippen molar-refractivity contribution in [3.63, 3.8) is 0 Å². The minimum Gasteiger partial charge on any atom is -0.490 e. The van der Waals surface area contributed by atoms with Crippen LogP contribution in [0.15, 0.2) is 23.2 Å². The second-order valence-corrected chi connectivity index (χ2v) is 7.79. The van der Waals surface area contributed by atoms with E-state index in [0.29, 0.717) is 52.0 Å². The average molecular weight is 576 g/mol. The van der Waals surface area contributed by atoms with Crippen molar-refractivity contribution in [2.75, 3.05) is 71.6 Å². The molecule has 0 spiro atoms. The van der Waals surface area contributed by atoms with Crippen molar-refractivity contribution >= 4 is 41.5 Å². The van der Waals surface area contributed by atoms with Crippen LogP contribution in [0.1, 0.15) is 32.1 Å². The van der Waals surface area contributed by atoms with Crippen molar-refractivity contribution in [2.24, 2.45) is 4.99 Å². The summed E-state index contributed by atoms with van der Waals surface area (Å²) < 4.78 is 22.0. The van der Waals surface area contributed by atoms with Crippen molar-refractivity contribution < 1.29 is 23.7 Å². The maximum absolute atomic E-state index is 11.8. The molecule has 2 N–H and O–H groups in total. The van der Waals surface area contributed by atoms with Gasteiger partial charge in [0.25, 0.3) is 0 Å². The third-order valence-corrected chi connectivity index (χ3v) is 5.23. The van der Waals surface area contributed by atoms with Gasteiger partial charge in [-0.05, 0) is 31.4 Å². The smallest absolute Gasteiger partial charge is 0.222 e. The maximum atomic E-state index is 11.8. The Morgan fingerprint density at radius 3 is 2.76 bits per heavy atom. The molecule has 10 heteroatoms. The van der Waals surface area contributed by atoms with Crippen molar-refractivity contribution in [3.8, 4) is 11.5 Å². The van der Waals surface area contributed by atoms with Gasteiger partial charge in [0, 0.05) is 64.5 Å². The van der Waals surface area contributed by atoms with Crippen LogP contribution in [0.4, 0.5) is 5.69 Å². The van der Waals surface area contributed by atoms with Crippen molar-refractivity contribution in [2.45, 2.75) is 32.1 Å². The molecule has 1 saturated heterocycles. The van der Waals surface area contributed by atoms with E-state index in [1.807, 2.05) is 23.1 Å². The van der Waals surface area contributed by atoms with Gasteiger partial charge < -0.3 is 34.5 Å². The SMILES string of the molecule is COCCOCCCNC(=NCCCN1CCCC1=O)Nc1ccc2c(c1)OCCCO2.I. The Morgan fingerprint density at radius 2 is 1.97 bits per heavy atom. The summed E-state index contributed by atoms with van der Waals surface area (Å²) in [7, 11) is 1.67. The Hall–Kier alpha value is -1.79. The lowest BCUT2D eigenvalue weighted by Crippen LogP contribution is -2.33. The van der Waals surface area contributed by atoms with Crippen LogP contribution in [0.5, 0.6) is 11.5 Å². The van der Waals surface area contributed by atoms with Crippen LogP contribution in [-0.2, 0) is 14.3 Å². The van der Waals surface area contributed by atoms with Gasteiger partial charge in [-0.3, -0.25) is 9.79 Å². The van der Waals surface area contributed by atoms with E-state index in [-0.39, 0.29) is 29.9 Å². The molecule has 1 aromatic carbocycles. The highest BCUT2D eigenvalue weighted by Crippen LogP contribution is 2.32. The molecule has 0 aliphatic carbocycles. The highest BCUT2D eigenvalue weighted by atomic mass is 127. The summed E-state index contributed by atoms with van der Waals surface area (Å²) in [6.45, 7) is 6.16. The molecule has 1 aromatic rings. The number of anilines is 1. The molecular weight excluding hydrogens is 539 g/mol. The number of nitrogens with one attached hydrogen (secondary N) is 2. The van der Waals surface area contributed by atoms with Gasteiger partial charge in [0.15, 0.2) is 17.5 Å². The van der Waals surface area contributed by atoms with Gasteiger partial charge in [-0.1, -0.05) is 0 Å². The summed E-state index contributed by atoms with van der Waals surface area (Å²) in [5, 5.41) is 6.72. The Kier molecular flexibility index (Phi) is 13.3. The fourth-order valence-electron chi connectivity index (χ4n) is 3.54. The standard InChI is InChI=1S/C23H36N4O5.HI/c1-29-16-17-30-13-4-10-25-23(24-9-3-12-27-11-2-6-22(27)28)26-19-7-8-20-21(18-19)32-15-5-14-31-20;/h7-8,18H,2-6,9-17H2,1H3,(H2,24,25,26);1H. The number of halogens is 1. The fraction of sp³-hybridized carbons (Fsp3) is 0.652. The van der Waals surface area contributed by atoms with E-state index >= 15 is 0 Å². The first kappa shape index (κ1) is 27.5. The number of hydrogen-bond acceptors (Lipinski definition) is 6. The molecular formula is C23H37IN4O5. The number of carbonyl (C=O) groups is 1. The van der Waals surface area contributed by atoms with Gasteiger partial charge >= 0.3 is 0 Å². The molecule has 0 radical (unpaired) electrons. The molecule has 186 valence electrons. The molecule has 0 atom stereocenters. The fourth-order valence-corrected chi connectivity index (χ4v) is 3.54. The number of rotatable bonds is 12. The zero-order valence-electron chi connectivity index (χ0n) is 19.5. The number of likely N-dealkylation sites (tertiary alicyclic amines) is 1. The minimum atomic E-state index is 0. The first-order valence-electron chi connectivity index (χ1n) is 11.6. The summed E-state index contributed by atoms with van der Waals surface area (Å²) in [6.07, 6.45) is 4.20. The van der Waals surface area contributed by atoms with Gasteiger partial charge in [0.05, 0.1) is 26.4 Å². The molecule has 9 nitrogen and oxygen atoms in total. The molecule has 2 heterocycles. The van der Waals surface area contributed by atoms with Crippen molar-refractivity contribution in [1.82, 2.24) is 10.2 Å². The Morgan fingerprint density at radius 1 is 1.12 bits per heavy atom. The van der Waals surface area contributed by atoms with Crippen LogP contribution in [-0.4, -0.2) is 83.1 Å². The van der Waals surface area contributed by atoms with Crippen LogP contribution >= 0.6 is 24.0 Å². The predicted molar refractivity (Wildman–Crippen MR) is 139 cm³/mol. The van der Waals surface area contributed by atoms with Crippen LogP contribution < -0.4 is 20.1 Å². The molecule has 0 aromatic heterocycles. The van der Waals surface area contributed by atoms with Crippen LogP contribution in [0.2, 0.25) is 0 Å². The monoisotopic (exact) mass is 576 g/mol. The van der Waals surface area contributed by atoms with E-state index in [2.05, 4.69) is 10.6 Å². The first-order chi connectivity index (χ1) is 15.8. The highest BCUT2D eigenvalue weighted by Gasteiger charge is 2.19. The Labute approximate surface area is 213 Å². The zero-order chi connectivity index (χ0) is 22.4. The molecule has 2 aliphatic heterocycles. The molecule has 0 bridgehead atoms. The first-order valence-corrected chi connectivity index (χ1v) is 11.6. The lowest BCUT2D eigenvalue weighted by molar-refractivity contribution is -0.127.